The van der Waals surface area contributed by atoms with E-state index in [2.05, 4.69) is 10.6 Å². The monoisotopic (exact) mass is 1160 g/mol. The summed E-state index contributed by atoms with van der Waals surface area (Å²) in [6.07, 6.45) is -49.8. The second kappa shape index (κ2) is 30.0. The number of carbonyl (C=O) groups excluding carboxylic acids is 2. The summed E-state index contributed by atoms with van der Waals surface area (Å²) in [4.78, 5) is 25.2. The molecule has 0 aromatic rings. The zero-order chi connectivity index (χ0) is 58.2. The molecule has 0 saturated carbocycles. The maximum atomic E-state index is 12.7. The highest BCUT2D eigenvalue weighted by molar-refractivity contribution is 5.73. The molecule has 79 heavy (non-hydrogen) atoms. The highest BCUT2D eigenvalue weighted by atomic mass is 16.8. The molecule has 6 fully saturated rings. The summed E-state index contributed by atoms with van der Waals surface area (Å²) in [6.45, 7) is -3.12. The lowest BCUT2D eigenvalue weighted by atomic mass is 9.93. The van der Waals surface area contributed by atoms with Crippen LogP contribution in [0.15, 0.2) is 0 Å². The Balaban J connectivity index is 1.18. The van der Waals surface area contributed by atoms with Gasteiger partial charge < -0.3 is 160 Å². The Hall–Kier alpha value is -2.26. The van der Waals surface area contributed by atoms with Crippen molar-refractivity contribution in [1.82, 2.24) is 10.6 Å². The van der Waals surface area contributed by atoms with Gasteiger partial charge in [-0.15, -0.1) is 0 Å². The molecule has 0 spiro atoms. The lowest BCUT2D eigenvalue weighted by molar-refractivity contribution is -0.387. The van der Waals surface area contributed by atoms with Crippen LogP contribution in [0.5, 0.6) is 0 Å². The average Bonchev–Trinajstić information content (AvgIpc) is 3.47. The number of hydrogen-bond donors (Lipinski definition) is 20. The number of carbonyl (C=O) groups is 2. The van der Waals surface area contributed by atoms with Crippen molar-refractivity contribution in [2.45, 2.75) is 217 Å². The molecule has 6 saturated heterocycles. The van der Waals surface area contributed by atoms with Gasteiger partial charge in [-0.2, -0.15) is 0 Å². The third-order valence-corrected chi connectivity index (χ3v) is 14.3. The smallest absolute Gasteiger partial charge is 0.217 e. The van der Waals surface area contributed by atoms with Crippen LogP contribution < -0.4 is 16.4 Å². The Morgan fingerprint density at radius 3 is 1.08 bits per heavy atom. The maximum Gasteiger partial charge on any atom is 0.217 e. The van der Waals surface area contributed by atoms with Crippen LogP contribution in [0, 0.1) is 0 Å². The number of ether oxygens (including phenoxy) is 12. The molecule has 34 heteroatoms. The van der Waals surface area contributed by atoms with Gasteiger partial charge in [0.1, 0.15) is 146 Å². The number of rotatable bonds is 24. The van der Waals surface area contributed by atoms with Crippen LogP contribution in [0.3, 0.4) is 0 Å². The Bertz CT molecular complexity index is 1860. The summed E-state index contributed by atoms with van der Waals surface area (Å²) >= 11 is 0. The van der Waals surface area contributed by atoms with Gasteiger partial charge in [-0.05, 0) is 25.8 Å². The zero-order valence-electron chi connectivity index (χ0n) is 43.0. The molecule has 34 nitrogen and oxygen atoms in total. The van der Waals surface area contributed by atoms with Crippen LogP contribution in [0.2, 0.25) is 0 Å². The molecular weight excluding hydrogens is 1080 g/mol. The van der Waals surface area contributed by atoms with Crippen LogP contribution in [0.1, 0.15) is 33.1 Å². The fourth-order valence-corrected chi connectivity index (χ4v) is 10.1. The predicted octanol–water partition coefficient (Wildman–Crippen LogP) is -12.7. The number of nitrogens with two attached hydrogens (primary N) is 1. The van der Waals surface area contributed by atoms with E-state index in [4.69, 9.17) is 62.6 Å². The second-order valence-electron chi connectivity index (χ2n) is 19.9. The first-order valence-electron chi connectivity index (χ1n) is 25.8. The summed E-state index contributed by atoms with van der Waals surface area (Å²) in [7, 11) is 0. The first-order valence-corrected chi connectivity index (χ1v) is 25.8. The molecule has 6 heterocycles. The Labute approximate surface area is 450 Å². The normalized spacial score (nSPS) is 46.9. The lowest BCUT2D eigenvalue weighted by Gasteiger charge is -2.51. The summed E-state index contributed by atoms with van der Waals surface area (Å²) in [6, 6.07) is -3.52. The molecule has 0 bridgehead atoms. The van der Waals surface area contributed by atoms with Crippen molar-refractivity contribution in [3.05, 3.63) is 0 Å². The van der Waals surface area contributed by atoms with Crippen molar-refractivity contribution in [1.29, 1.82) is 0 Å². The molecule has 0 aliphatic carbocycles. The molecule has 6 aliphatic heterocycles. The van der Waals surface area contributed by atoms with E-state index in [1.165, 1.54) is 0 Å². The second-order valence-corrected chi connectivity index (χ2v) is 19.9. The molecule has 2 amide bonds. The van der Waals surface area contributed by atoms with E-state index < -0.39 is 236 Å². The van der Waals surface area contributed by atoms with E-state index in [0.29, 0.717) is 25.8 Å². The average molecular weight is 1160 g/mol. The predicted molar refractivity (Wildman–Crippen MR) is 249 cm³/mol. The van der Waals surface area contributed by atoms with E-state index >= 15 is 0 Å². The first-order chi connectivity index (χ1) is 37.6. The van der Waals surface area contributed by atoms with Crippen molar-refractivity contribution in [2.75, 3.05) is 52.8 Å². The number of amides is 2. The van der Waals surface area contributed by atoms with Crippen molar-refractivity contribution in [3.8, 4) is 0 Å². The van der Waals surface area contributed by atoms with Gasteiger partial charge in [0.2, 0.25) is 11.8 Å². The van der Waals surface area contributed by atoms with Crippen molar-refractivity contribution < 1.29 is 153 Å². The highest BCUT2D eigenvalue weighted by Gasteiger charge is 2.58. The van der Waals surface area contributed by atoms with Gasteiger partial charge >= 0.3 is 0 Å². The minimum Gasteiger partial charge on any atom is -0.394 e. The van der Waals surface area contributed by atoms with E-state index in [-0.39, 0.29) is 6.61 Å². The van der Waals surface area contributed by atoms with Crippen LogP contribution in [0.4, 0.5) is 0 Å². The van der Waals surface area contributed by atoms with E-state index in [1.54, 1.807) is 0 Å². The van der Waals surface area contributed by atoms with Crippen LogP contribution >= 0.6 is 0 Å². The number of unbranched alkanes of at least 4 members (excludes halogenated alkanes) is 2. The summed E-state index contributed by atoms with van der Waals surface area (Å²) in [5.41, 5.74) is 5.52. The summed E-state index contributed by atoms with van der Waals surface area (Å²) in [5, 5.41) is 189. The van der Waals surface area contributed by atoms with Crippen molar-refractivity contribution in [2.24, 2.45) is 5.73 Å². The maximum absolute atomic E-state index is 12.7. The van der Waals surface area contributed by atoms with Crippen LogP contribution in [0.25, 0.3) is 0 Å². The molecule has 0 aromatic carbocycles. The number of hydrogen-bond acceptors (Lipinski definition) is 32. The molecular formula is C45H79N3O31. The molecule has 0 unspecified atom stereocenters. The minimum absolute atomic E-state index is 0.0967. The van der Waals surface area contributed by atoms with Gasteiger partial charge in [-0.25, -0.2) is 0 Å². The van der Waals surface area contributed by atoms with Gasteiger partial charge in [-0.3, -0.25) is 9.59 Å². The van der Waals surface area contributed by atoms with Gasteiger partial charge in [0.15, 0.2) is 37.7 Å². The zero-order valence-corrected chi connectivity index (χ0v) is 43.0. The number of nitrogens with one attached hydrogen (secondary N) is 2. The Morgan fingerprint density at radius 1 is 0.367 bits per heavy atom. The third kappa shape index (κ3) is 15.2. The molecule has 21 N–H and O–H groups in total. The van der Waals surface area contributed by atoms with Gasteiger partial charge in [0.05, 0.1) is 39.6 Å². The van der Waals surface area contributed by atoms with Crippen LogP contribution in [-0.2, 0) is 66.4 Å². The van der Waals surface area contributed by atoms with Crippen molar-refractivity contribution >= 4 is 11.8 Å². The highest BCUT2D eigenvalue weighted by Crippen LogP contribution is 2.37. The standard InChI is InChI=1S/C45H79N3O31/c1-14(55)47-22-27(60)35(75-43-31(64)29(62)24(57)16(8-49)69-43)19(11-52)72-40(22)78-38-25(58)17(9-50)70-44(33(38)66)76-36-20(12-53)73-41(23(28(36)61)48-15(2)56)79-39-26(59)18(10-51)71-45(34(39)67)77-37-21(13-54)74-42(32(65)30(37)63)68-7-5-3-4-6-46/h16-45,49-54,57-67H,3-13,46H2,1-2H3,(H,47,55)(H,48,56)/t16-,17-,18-,19-,20-,21-,22-,23-,24+,25+,26+,27-,28-,29+,30-,31-,32-,33-,34-,35-,36-,37-,38+,39+,40+,41+,42-,43+,44+,45+/m1/s1. The summed E-state index contributed by atoms with van der Waals surface area (Å²) in [5.74, 6) is -1.67. The van der Waals surface area contributed by atoms with Gasteiger partial charge in [-0.1, -0.05) is 0 Å². The largest absolute Gasteiger partial charge is 0.394 e. The van der Waals surface area contributed by atoms with Crippen molar-refractivity contribution in [3.63, 3.8) is 0 Å². The molecule has 0 aromatic heterocycles. The SMILES string of the molecule is CC(=O)N[C@H]1[C@H](O[C@H]2[C@@H](O)[C@@H](CO)O[C@@H](O[C@H]3[C@H](O)[C@@H](NC(C)=O)[C@H](O[C@H]4[C@@H](O)[C@@H](CO)O[C@@H](O[C@H]5[C@H](O)[C@@H](O)[C@H](OCCCCCN)O[C@@H]5CO)[C@@H]4O)O[C@@H]3CO)[C@@H]2O)O[C@H](CO)[C@@H](O[C@@H]2O[C@H](CO)[C@H](O)[C@H](O)[C@H]2O)[C@@H]1O. The summed E-state index contributed by atoms with van der Waals surface area (Å²) < 4.78 is 69.2. The van der Waals surface area contributed by atoms with Gasteiger partial charge in [0.25, 0.3) is 0 Å². The van der Waals surface area contributed by atoms with E-state index in [9.17, 15) is 96.4 Å². The first kappa shape index (κ1) is 65.9. The third-order valence-electron chi connectivity index (χ3n) is 14.3. The molecule has 30 atom stereocenters. The number of aliphatic hydroxyl groups excluding tert-OH is 17. The lowest BCUT2D eigenvalue weighted by Crippen LogP contribution is -2.70. The van der Waals surface area contributed by atoms with E-state index in [0.717, 1.165) is 13.8 Å². The minimum atomic E-state index is -2.21. The quantitative estimate of drug-likeness (QED) is 0.0399. The fraction of sp³-hybridized carbons (Fsp3) is 0.956. The molecule has 6 aliphatic rings. The van der Waals surface area contributed by atoms with Crippen LogP contribution in [-0.4, -0.2) is 336 Å². The topological polar surface area (TPSA) is 539 Å². The van der Waals surface area contributed by atoms with E-state index in [1.807, 2.05) is 0 Å². The van der Waals surface area contributed by atoms with Gasteiger partial charge in [0, 0.05) is 20.5 Å². The Kier molecular flexibility index (Phi) is 25.0. The molecule has 0 radical (unpaired) electrons. The Morgan fingerprint density at radius 2 is 0.696 bits per heavy atom. The molecule has 6 rings (SSSR count). The number of aliphatic hydroxyl groups is 17. The molecule has 460 valence electrons. The fourth-order valence-electron chi connectivity index (χ4n) is 10.1.